The van der Waals surface area contributed by atoms with E-state index >= 15 is 0 Å². The second-order valence-electron chi connectivity index (χ2n) is 4.65. The molecule has 0 bridgehead atoms. The molecule has 0 amide bonds. The number of carbonyl (C=O) groups excluding carboxylic acids is 2. The summed E-state index contributed by atoms with van der Waals surface area (Å²) in [6.07, 6.45) is 0.698. The number of hydrogen-bond acceptors (Lipinski definition) is 4. The molecule has 0 unspecified atom stereocenters. The summed E-state index contributed by atoms with van der Waals surface area (Å²) >= 11 is 0. The van der Waals surface area contributed by atoms with Gasteiger partial charge < -0.3 is 9.47 Å². The maximum Gasteiger partial charge on any atom is 0.349 e. The molecule has 4 nitrogen and oxygen atoms in total. The summed E-state index contributed by atoms with van der Waals surface area (Å²) < 4.78 is 10.6. The number of hydrogen-bond donors (Lipinski definition) is 0. The van der Waals surface area contributed by atoms with Crippen molar-refractivity contribution in [3.05, 3.63) is 59.2 Å². The minimum absolute atomic E-state index is 0.185. The Balaban J connectivity index is 1.95. The molecule has 0 saturated carbocycles. The van der Waals surface area contributed by atoms with Crippen molar-refractivity contribution in [1.82, 2.24) is 0 Å². The molecule has 0 aromatic heterocycles. The molecule has 2 rings (SSSR count). The molecule has 0 aliphatic rings. The second kappa shape index (κ2) is 6.70. The van der Waals surface area contributed by atoms with Crippen molar-refractivity contribution in [2.75, 3.05) is 6.61 Å². The zero-order valence-electron chi connectivity index (χ0n) is 12.0. The predicted octanol–water partition coefficient (Wildman–Crippen LogP) is 3.10. The first kappa shape index (κ1) is 14.8. The van der Waals surface area contributed by atoms with Gasteiger partial charge in [0, 0.05) is 5.56 Å². The van der Waals surface area contributed by atoms with Gasteiger partial charge in [-0.1, -0.05) is 24.3 Å². The van der Waals surface area contributed by atoms with Crippen LogP contribution in [-0.4, -0.2) is 18.9 Å². The summed E-state index contributed by atoms with van der Waals surface area (Å²) in [5, 5.41) is 0. The third-order valence-corrected chi connectivity index (χ3v) is 3.13. The number of carbonyl (C=O) groups is 2. The van der Waals surface area contributed by atoms with Crippen molar-refractivity contribution in [1.29, 1.82) is 0 Å². The highest BCUT2D eigenvalue weighted by Crippen LogP contribution is 2.20. The number of aryl methyl sites for hydroxylation is 1. The van der Waals surface area contributed by atoms with Crippen molar-refractivity contribution in [2.45, 2.75) is 13.8 Å². The Morgan fingerprint density at radius 1 is 1.14 bits per heavy atom. The third-order valence-electron chi connectivity index (χ3n) is 3.13. The van der Waals surface area contributed by atoms with Crippen LogP contribution in [0.4, 0.5) is 0 Å². The highest BCUT2D eigenvalue weighted by Gasteiger charge is 2.08. The molecule has 0 saturated heterocycles. The minimum Gasteiger partial charge on any atom is -0.482 e. The van der Waals surface area contributed by atoms with Crippen LogP contribution in [-0.2, 0) is 4.79 Å². The standard InChI is InChI=1S/C17H16O4/c1-12-5-3-8-16(13(12)2)20-11-17(19)21-15-7-4-6-14(9-15)10-18/h3-10H,11H2,1-2H3. The molecule has 0 aliphatic carbocycles. The summed E-state index contributed by atoms with van der Waals surface area (Å²) in [6, 6.07) is 12.1. The zero-order chi connectivity index (χ0) is 15.2. The Bertz CT molecular complexity index is 662. The maximum atomic E-state index is 11.7. The van der Waals surface area contributed by atoms with E-state index in [1.165, 1.54) is 6.07 Å². The molecule has 108 valence electrons. The molecule has 0 fully saturated rings. The van der Waals surface area contributed by atoms with E-state index in [9.17, 15) is 9.59 Å². The molecule has 0 spiro atoms. The third kappa shape index (κ3) is 3.92. The number of benzene rings is 2. The lowest BCUT2D eigenvalue weighted by molar-refractivity contribution is -0.136. The summed E-state index contributed by atoms with van der Waals surface area (Å²) in [5.74, 6) is 0.474. The van der Waals surface area contributed by atoms with E-state index in [0.29, 0.717) is 23.3 Å². The SMILES string of the molecule is Cc1cccc(OCC(=O)Oc2cccc(C=O)c2)c1C. The average molecular weight is 284 g/mol. The van der Waals surface area contributed by atoms with E-state index in [4.69, 9.17) is 9.47 Å². The van der Waals surface area contributed by atoms with Gasteiger partial charge >= 0.3 is 5.97 Å². The fourth-order valence-corrected chi connectivity index (χ4v) is 1.83. The molecule has 2 aromatic carbocycles. The number of rotatable bonds is 5. The van der Waals surface area contributed by atoms with Crippen molar-refractivity contribution in [3.63, 3.8) is 0 Å². The number of esters is 1. The van der Waals surface area contributed by atoms with E-state index in [1.807, 2.05) is 32.0 Å². The molecule has 0 atom stereocenters. The van der Waals surface area contributed by atoms with Crippen LogP contribution in [0.15, 0.2) is 42.5 Å². The van der Waals surface area contributed by atoms with Gasteiger partial charge in [0.05, 0.1) is 0 Å². The normalized spacial score (nSPS) is 10.0. The molecule has 4 heteroatoms. The van der Waals surface area contributed by atoms with Crippen LogP contribution >= 0.6 is 0 Å². The van der Waals surface area contributed by atoms with Gasteiger partial charge in [-0.05, 0) is 43.2 Å². The first-order chi connectivity index (χ1) is 10.1. The quantitative estimate of drug-likeness (QED) is 0.481. The van der Waals surface area contributed by atoms with Gasteiger partial charge in [-0.15, -0.1) is 0 Å². The van der Waals surface area contributed by atoms with Gasteiger partial charge in [-0.2, -0.15) is 0 Å². The predicted molar refractivity (Wildman–Crippen MR) is 78.9 cm³/mol. The Morgan fingerprint density at radius 2 is 1.90 bits per heavy atom. The largest absolute Gasteiger partial charge is 0.482 e. The number of ether oxygens (including phenoxy) is 2. The Morgan fingerprint density at radius 3 is 2.67 bits per heavy atom. The van der Waals surface area contributed by atoms with Gasteiger partial charge in [0.1, 0.15) is 17.8 Å². The van der Waals surface area contributed by atoms with Crippen LogP contribution in [0.3, 0.4) is 0 Å². The zero-order valence-corrected chi connectivity index (χ0v) is 12.0. The highest BCUT2D eigenvalue weighted by atomic mass is 16.6. The molecular formula is C17H16O4. The van der Waals surface area contributed by atoms with Crippen molar-refractivity contribution in [3.8, 4) is 11.5 Å². The first-order valence-electron chi connectivity index (χ1n) is 6.55. The molecular weight excluding hydrogens is 268 g/mol. The lowest BCUT2D eigenvalue weighted by Gasteiger charge is -2.10. The molecule has 0 radical (unpaired) electrons. The molecule has 2 aromatic rings. The van der Waals surface area contributed by atoms with Crippen molar-refractivity contribution >= 4 is 12.3 Å². The first-order valence-corrected chi connectivity index (χ1v) is 6.55. The fourth-order valence-electron chi connectivity index (χ4n) is 1.83. The van der Waals surface area contributed by atoms with Crippen LogP contribution in [0.5, 0.6) is 11.5 Å². The van der Waals surface area contributed by atoms with E-state index in [-0.39, 0.29) is 6.61 Å². The van der Waals surface area contributed by atoms with E-state index in [1.54, 1.807) is 18.2 Å². The molecule has 21 heavy (non-hydrogen) atoms. The molecule has 0 aliphatic heterocycles. The van der Waals surface area contributed by atoms with Crippen LogP contribution in [0.1, 0.15) is 21.5 Å². The smallest absolute Gasteiger partial charge is 0.349 e. The molecule has 0 heterocycles. The summed E-state index contributed by atoms with van der Waals surface area (Å²) in [5.41, 5.74) is 2.54. The topological polar surface area (TPSA) is 52.6 Å². The van der Waals surface area contributed by atoms with Gasteiger partial charge in [-0.25, -0.2) is 4.79 Å². The highest BCUT2D eigenvalue weighted by molar-refractivity contribution is 5.77. The summed E-state index contributed by atoms with van der Waals surface area (Å²) in [4.78, 5) is 22.4. The maximum absolute atomic E-state index is 11.7. The molecule has 0 N–H and O–H groups in total. The van der Waals surface area contributed by atoms with Gasteiger partial charge in [-0.3, -0.25) is 4.79 Å². The van der Waals surface area contributed by atoms with Gasteiger partial charge in [0.15, 0.2) is 6.61 Å². The lowest BCUT2D eigenvalue weighted by atomic mass is 10.1. The minimum atomic E-state index is -0.515. The second-order valence-corrected chi connectivity index (χ2v) is 4.65. The Labute approximate surface area is 123 Å². The average Bonchev–Trinajstić information content (AvgIpc) is 2.49. The van der Waals surface area contributed by atoms with Crippen LogP contribution in [0.25, 0.3) is 0 Å². The lowest BCUT2D eigenvalue weighted by Crippen LogP contribution is -2.18. The Hall–Kier alpha value is -2.62. The van der Waals surface area contributed by atoms with Crippen LogP contribution < -0.4 is 9.47 Å². The summed E-state index contributed by atoms with van der Waals surface area (Å²) in [7, 11) is 0. The van der Waals surface area contributed by atoms with Crippen LogP contribution in [0.2, 0.25) is 0 Å². The monoisotopic (exact) mass is 284 g/mol. The van der Waals surface area contributed by atoms with E-state index < -0.39 is 5.97 Å². The van der Waals surface area contributed by atoms with Gasteiger partial charge in [0.2, 0.25) is 0 Å². The number of aldehydes is 1. The van der Waals surface area contributed by atoms with Gasteiger partial charge in [0.25, 0.3) is 0 Å². The van der Waals surface area contributed by atoms with E-state index in [2.05, 4.69) is 0 Å². The summed E-state index contributed by atoms with van der Waals surface area (Å²) in [6.45, 7) is 3.73. The Kier molecular flexibility index (Phi) is 4.72. The van der Waals surface area contributed by atoms with Crippen LogP contribution in [0, 0.1) is 13.8 Å². The van der Waals surface area contributed by atoms with Crippen molar-refractivity contribution in [2.24, 2.45) is 0 Å². The van der Waals surface area contributed by atoms with Crippen molar-refractivity contribution < 1.29 is 19.1 Å². The fraction of sp³-hybridized carbons (Fsp3) is 0.176. The van der Waals surface area contributed by atoms with E-state index in [0.717, 1.165) is 11.1 Å².